The van der Waals surface area contributed by atoms with Gasteiger partial charge in [0.2, 0.25) is 15.9 Å². The Balaban J connectivity index is 1.24. The van der Waals surface area contributed by atoms with Crippen LogP contribution in [0.15, 0.2) is 47.4 Å². The van der Waals surface area contributed by atoms with E-state index in [1.807, 2.05) is 17.0 Å². The van der Waals surface area contributed by atoms with Gasteiger partial charge in [0.05, 0.1) is 11.4 Å². The van der Waals surface area contributed by atoms with E-state index in [1.165, 1.54) is 22.0 Å². The summed E-state index contributed by atoms with van der Waals surface area (Å²) in [5, 5.41) is 2.80. The quantitative estimate of drug-likeness (QED) is 0.612. The number of rotatable bonds is 8. The second-order valence-electron chi connectivity index (χ2n) is 8.62. The molecule has 0 unspecified atom stereocenters. The van der Waals surface area contributed by atoms with Gasteiger partial charge in [0, 0.05) is 32.7 Å². The first-order chi connectivity index (χ1) is 16.3. The number of amides is 1. The van der Waals surface area contributed by atoms with Crippen LogP contribution in [0.4, 0.5) is 8.78 Å². The Kier molecular flexibility index (Phi) is 7.80. The Morgan fingerprint density at radius 2 is 1.65 bits per heavy atom. The Labute approximate surface area is 198 Å². The van der Waals surface area contributed by atoms with Gasteiger partial charge in [0.15, 0.2) is 0 Å². The van der Waals surface area contributed by atoms with Crippen LogP contribution < -0.4 is 10.1 Å². The molecule has 0 bridgehead atoms. The maximum Gasteiger partial charge on any atom is 0.387 e. The van der Waals surface area contributed by atoms with Crippen LogP contribution in [-0.2, 0) is 34.2 Å². The average Bonchev–Trinajstić information content (AvgIpc) is 2.83. The second kappa shape index (κ2) is 10.8. The van der Waals surface area contributed by atoms with Gasteiger partial charge in [0.25, 0.3) is 0 Å². The van der Waals surface area contributed by atoms with Crippen molar-refractivity contribution >= 4 is 15.9 Å². The summed E-state index contributed by atoms with van der Waals surface area (Å²) >= 11 is 0. The van der Waals surface area contributed by atoms with Gasteiger partial charge in [-0.2, -0.15) is 13.1 Å². The highest BCUT2D eigenvalue weighted by Crippen LogP contribution is 2.26. The molecule has 1 amide bonds. The fourth-order valence-corrected chi connectivity index (χ4v) is 5.87. The smallest absolute Gasteiger partial charge is 0.387 e. The predicted octanol–water partition coefficient (Wildman–Crippen LogP) is 2.79. The highest BCUT2D eigenvalue weighted by Gasteiger charge is 2.29. The zero-order chi connectivity index (χ0) is 24.1. The van der Waals surface area contributed by atoms with E-state index in [1.54, 1.807) is 18.2 Å². The number of alkyl halides is 2. The molecule has 1 aliphatic carbocycles. The van der Waals surface area contributed by atoms with Crippen molar-refractivity contribution in [3.63, 3.8) is 0 Å². The largest absolute Gasteiger partial charge is 0.435 e. The third-order valence-corrected chi connectivity index (χ3v) is 8.19. The lowest BCUT2D eigenvalue weighted by atomic mass is 9.92. The van der Waals surface area contributed by atoms with Crippen molar-refractivity contribution in [1.29, 1.82) is 0 Å². The van der Waals surface area contributed by atoms with E-state index in [9.17, 15) is 22.0 Å². The molecule has 4 rings (SSSR count). The number of aryl methyl sites for hydroxylation is 2. The minimum Gasteiger partial charge on any atom is -0.435 e. The lowest BCUT2D eigenvalue weighted by Gasteiger charge is -2.33. The van der Waals surface area contributed by atoms with Crippen LogP contribution in [0.1, 0.15) is 29.5 Å². The number of halogens is 2. The number of hydrogen-bond acceptors (Lipinski definition) is 5. The Hall–Kier alpha value is -2.56. The molecule has 2 aromatic carbocycles. The minimum absolute atomic E-state index is 0.0632. The second-order valence-corrected chi connectivity index (χ2v) is 10.6. The normalized spacial score (nSPS) is 17.4. The zero-order valence-corrected chi connectivity index (χ0v) is 19.7. The van der Waals surface area contributed by atoms with Gasteiger partial charge in [-0.05, 0) is 66.6 Å². The molecule has 0 spiro atoms. The number of hydrogen-bond donors (Lipinski definition) is 1. The average molecular weight is 494 g/mol. The lowest BCUT2D eigenvalue weighted by molar-refractivity contribution is -0.122. The molecule has 2 aromatic rings. The van der Waals surface area contributed by atoms with Crippen LogP contribution in [0.25, 0.3) is 0 Å². The van der Waals surface area contributed by atoms with Crippen molar-refractivity contribution in [1.82, 2.24) is 14.5 Å². The molecule has 10 heteroatoms. The third-order valence-electron chi connectivity index (χ3n) is 6.29. The molecule has 34 heavy (non-hydrogen) atoms. The summed E-state index contributed by atoms with van der Waals surface area (Å²) < 4.78 is 56.5. The van der Waals surface area contributed by atoms with Crippen molar-refractivity contribution in [2.24, 2.45) is 0 Å². The Morgan fingerprint density at radius 3 is 2.32 bits per heavy atom. The van der Waals surface area contributed by atoms with E-state index in [0.29, 0.717) is 31.1 Å². The molecule has 1 N–H and O–H groups in total. The van der Waals surface area contributed by atoms with Gasteiger partial charge in [-0.1, -0.05) is 18.2 Å². The highest BCUT2D eigenvalue weighted by molar-refractivity contribution is 7.89. The van der Waals surface area contributed by atoms with Gasteiger partial charge in [0.1, 0.15) is 5.75 Å². The first kappa shape index (κ1) is 24.6. The number of fused-ring (bicyclic) bond motifs is 1. The first-order valence-corrected chi connectivity index (χ1v) is 12.9. The summed E-state index contributed by atoms with van der Waals surface area (Å²) in [6, 6.07) is 11.6. The predicted molar refractivity (Wildman–Crippen MR) is 123 cm³/mol. The van der Waals surface area contributed by atoms with Crippen LogP contribution in [0.5, 0.6) is 5.75 Å². The Morgan fingerprint density at radius 1 is 0.971 bits per heavy atom. The van der Waals surface area contributed by atoms with Gasteiger partial charge >= 0.3 is 6.61 Å². The molecule has 7 nitrogen and oxygen atoms in total. The molecule has 0 radical (unpaired) electrons. The summed E-state index contributed by atoms with van der Waals surface area (Å²) in [6.07, 6.45) is 4.18. The maximum absolute atomic E-state index is 13.1. The maximum atomic E-state index is 13.1. The molecule has 184 valence electrons. The van der Waals surface area contributed by atoms with E-state index in [0.717, 1.165) is 36.8 Å². The van der Waals surface area contributed by atoms with Crippen LogP contribution in [0, 0.1) is 0 Å². The molecule has 2 aliphatic rings. The monoisotopic (exact) mass is 493 g/mol. The van der Waals surface area contributed by atoms with Crippen LogP contribution >= 0.6 is 0 Å². The molecule has 1 heterocycles. The number of ether oxygens (including phenoxy) is 1. The molecule has 1 saturated heterocycles. The topological polar surface area (TPSA) is 79.0 Å². The summed E-state index contributed by atoms with van der Waals surface area (Å²) in [4.78, 5) is 14.6. The lowest BCUT2D eigenvalue weighted by Crippen LogP contribution is -2.51. The molecule has 0 atom stereocenters. The van der Waals surface area contributed by atoms with Crippen molar-refractivity contribution in [2.75, 3.05) is 32.7 Å². The number of piperazine rings is 1. The number of nitrogens with one attached hydrogen (secondary N) is 1. The van der Waals surface area contributed by atoms with Crippen molar-refractivity contribution in [2.45, 2.75) is 43.7 Å². The number of carbonyl (C=O) groups excluding carboxylic acids is 1. The van der Waals surface area contributed by atoms with Gasteiger partial charge < -0.3 is 10.1 Å². The summed E-state index contributed by atoms with van der Waals surface area (Å²) in [6.45, 7) is -0.843. The molecular weight excluding hydrogens is 464 g/mol. The molecule has 1 fully saturated rings. The SMILES string of the molecule is O=C(CN1CCN(S(=O)(=O)c2ccc3c(c2)CCCC3)CC1)NCc1ccc(OC(F)F)cc1. The van der Waals surface area contributed by atoms with Gasteiger partial charge in [-0.15, -0.1) is 0 Å². The zero-order valence-electron chi connectivity index (χ0n) is 18.9. The van der Waals surface area contributed by atoms with E-state index in [4.69, 9.17) is 0 Å². The molecule has 0 aromatic heterocycles. The van der Waals surface area contributed by atoms with Crippen molar-refractivity contribution < 1.29 is 26.7 Å². The molecule has 1 aliphatic heterocycles. The van der Waals surface area contributed by atoms with E-state index >= 15 is 0 Å². The first-order valence-electron chi connectivity index (χ1n) is 11.5. The fourth-order valence-electron chi connectivity index (χ4n) is 4.40. The number of sulfonamides is 1. The molecule has 0 saturated carbocycles. The highest BCUT2D eigenvalue weighted by atomic mass is 32.2. The van der Waals surface area contributed by atoms with Gasteiger partial charge in [-0.25, -0.2) is 8.42 Å². The number of nitrogens with zero attached hydrogens (tertiary/aromatic N) is 2. The van der Waals surface area contributed by atoms with Crippen molar-refractivity contribution in [3.05, 3.63) is 59.2 Å². The summed E-state index contributed by atoms with van der Waals surface area (Å²) in [5.41, 5.74) is 3.15. The number of carbonyl (C=O) groups is 1. The van der Waals surface area contributed by atoms with Crippen LogP contribution in [0.3, 0.4) is 0 Å². The minimum atomic E-state index is -3.56. The van der Waals surface area contributed by atoms with Crippen molar-refractivity contribution in [3.8, 4) is 5.75 Å². The van der Waals surface area contributed by atoms with Crippen LogP contribution in [0.2, 0.25) is 0 Å². The van der Waals surface area contributed by atoms with E-state index < -0.39 is 16.6 Å². The summed E-state index contributed by atoms with van der Waals surface area (Å²) in [7, 11) is -3.56. The fraction of sp³-hybridized carbons (Fsp3) is 0.458. The third kappa shape index (κ3) is 6.11. The van der Waals surface area contributed by atoms with Gasteiger partial charge in [-0.3, -0.25) is 9.69 Å². The van der Waals surface area contributed by atoms with E-state index in [2.05, 4.69) is 10.1 Å². The number of benzene rings is 2. The summed E-state index contributed by atoms with van der Waals surface area (Å²) in [5.74, 6) is -0.118. The van der Waals surface area contributed by atoms with Crippen LogP contribution in [-0.4, -0.2) is 62.9 Å². The Bertz CT molecular complexity index is 1100. The van der Waals surface area contributed by atoms with E-state index in [-0.39, 0.29) is 24.7 Å². The standard InChI is InChI=1S/C24H29F2N3O4S/c25-24(26)33-21-8-5-18(6-9-21)16-27-23(30)17-28-11-13-29(14-12-28)34(31,32)22-10-7-19-3-1-2-4-20(19)15-22/h5-10,15,24H,1-4,11-14,16-17H2,(H,27,30). The molecular formula is C24H29F2N3O4S.